The maximum Gasteiger partial charge on any atom is 0.416 e. The van der Waals surface area contributed by atoms with E-state index in [-0.39, 0.29) is 21.8 Å². The van der Waals surface area contributed by atoms with Crippen LogP contribution in [-0.4, -0.2) is 15.7 Å². The molecule has 0 aliphatic carbocycles. The summed E-state index contributed by atoms with van der Waals surface area (Å²) in [4.78, 5) is 26.5. The third-order valence-corrected chi connectivity index (χ3v) is 5.45. The number of amides is 1. The Morgan fingerprint density at radius 1 is 0.941 bits per heavy atom. The second-order valence-corrected chi connectivity index (χ2v) is 7.81. The number of nitrogens with one attached hydrogen (secondary N) is 1. The molecule has 9 heteroatoms. The van der Waals surface area contributed by atoms with E-state index in [1.54, 1.807) is 54.6 Å². The lowest BCUT2D eigenvalue weighted by molar-refractivity contribution is -0.137. The number of benzene rings is 3. The van der Waals surface area contributed by atoms with Crippen LogP contribution >= 0.6 is 11.6 Å². The number of aromatic nitrogens is 2. The van der Waals surface area contributed by atoms with Crippen LogP contribution in [0.2, 0.25) is 5.02 Å². The largest absolute Gasteiger partial charge is 0.416 e. The van der Waals surface area contributed by atoms with Crippen LogP contribution in [0.25, 0.3) is 22.4 Å². The molecule has 0 bridgehead atoms. The minimum Gasteiger partial charge on any atom is -0.320 e. The highest BCUT2D eigenvalue weighted by Crippen LogP contribution is 2.35. The molecule has 3 aromatic carbocycles. The third kappa shape index (κ3) is 4.58. The van der Waals surface area contributed by atoms with Crippen LogP contribution in [-0.2, 0) is 13.2 Å². The van der Waals surface area contributed by atoms with E-state index in [2.05, 4.69) is 10.4 Å². The Balaban J connectivity index is 1.93. The van der Waals surface area contributed by atoms with Crippen LogP contribution in [0, 0.1) is 0 Å². The summed E-state index contributed by atoms with van der Waals surface area (Å²) in [7, 11) is 1.40. The van der Waals surface area contributed by atoms with E-state index < -0.39 is 23.2 Å². The van der Waals surface area contributed by atoms with Gasteiger partial charge in [-0.25, -0.2) is 4.68 Å². The molecule has 0 aliphatic heterocycles. The third-order valence-electron chi connectivity index (χ3n) is 5.12. The fraction of sp³-hybridized carbons (Fsp3) is 0.0800. The molecule has 0 unspecified atom stereocenters. The quantitative estimate of drug-likeness (QED) is 0.385. The standard InChI is InChI=1S/C25H17ClF3N3O2/c1-32-24(34)21(23(33)30-19-14-17(25(27,28)29)12-13-18(19)26)20(15-8-4-2-5-9-15)22(31-32)16-10-6-3-7-11-16/h2-14H,1H3,(H,30,33). The first-order valence-electron chi connectivity index (χ1n) is 10.1. The predicted octanol–water partition coefficient (Wildman–Crippen LogP) is 6.04. The Hall–Kier alpha value is -3.91. The molecule has 1 N–H and O–H groups in total. The van der Waals surface area contributed by atoms with Crippen molar-refractivity contribution in [3.8, 4) is 22.4 Å². The maximum absolute atomic E-state index is 13.4. The van der Waals surface area contributed by atoms with E-state index in [0.717, 1.165) is 22.9 Å². The van der Waals surface area contributed by atoms with Crippen molar-refractivity contribution in [2.24, 2.45) is 7.05 Å². The lowest BCUT2D eigenvalue weighted by Gasteiger charge is -2.17. The van der Waals surface area contributed by atoms with Crippen molar-refractivity contribution in [1.29, 1.82) is 0 Å². The minimum atomic E-state index is -4.63. The van der Waals surface area contributed by atoms with Crippen molar-refractivity contribution in [3.05, 3.63) is 105 Å². The number of alkyl halides is 3. The van der Waals surface area contributed by atoms with Gasteiger partial charge in [0.1, 0.15) is 5.56 Å². The molecule has 5 nitrogen and oxygen atoms in total. The van der Waals surface area contributed by atoms with Gasteiger partial charge in [0.15, 0.2) is 0 Å². The zero-order valence-electron chi connectivity index (χ0n) is 17.7. The number of hydrogen-bond acceptors (Lipinski definition) is 3. The van der Waals surface area contributed by atoms with Crippen LogP contribution in [0.3, 0.4) is 0 Å². The molecule has 0 aliphatic rings. The van der Waals surface area contributed by atoms with Gasteiger partial charge in [-0.3, -0.25) is 9.59 Å². The molecule has 0 spiro atoms. The fourth-order valence-corrected chi connectivity index (χ4v) is 3.67. The monoisotopic (exact) mass is 483 g/mol. The second-order valence-electron chi connectivity index (χ2n) is 7.41. The Kier molecular flexibility index (Phi) is 6.26. The Labute approximate surface area is 197 Å². The molecule has 0 saturated heterocycles. The zero-order chi connectivity index (χ0) is 24.5. The molecule has 172 valence electrons. The lowest BCUT2D eigenvalue weighted by Crippen LogP contribution is -2.31. The van der Waals surface area contributed by atoms with Gasteiger partial charge in [0.05, 0.1) is 22.0 Å². The molecule has 1 aromatic heterocycles. The number of carbonyl (C=O) groups is 1. The Morgan fingerprint density at radius 2 is 1.53 bits per heavy atom. The summed E-state index contributed by atoms with van der Waals surface area (Å²) in [6.07, 6.45) is -4.63. The molecule has 1 amide bonds. The molecule has 0 radical (unpaired) electrons. The van der Waals surface area contributed by atoms with E-state index in [1.807, 2.05) is 6.07 Å². The molecule has 34 heavy (non-hydrogen) atoms. The van der Waals surface area contributed by atoms with Crippen molar-refractivity contribution in [3.63, 3.8) is 0 Å². The number of carbonyl (C=O) groups excluding carboxylic acids is 1. The van der Waals surface area contributed by atoms with E-state index in [9.17, 15) is 22.8 Å². The van der Waals surface area contributed by atoms with Crippen molar-refractivity contribution in [2.75, 3.05) is 5.32 Å². The van der Waals surface area contributed by atoms with E-state index >= 15 is 0 Å². The van der Waals surface area contributed by atoms with Gasteiger partial charge in [0.2, 0.25) is 0 Å². The van der Waals surface area contributed by atoms with Gasteiger partial charge in [-0.05, 0) is 23.8 Å². The van der Waals surface area contributed by atoms with Crippen LogP contribution in [0.4, 0.5) is 18.9 Å². The van der Waals surface area contributed by atoms with Crippen molar-refractivity contribution >= 4 is 23.2 Å². The van der Waals surface area contributed by atoms with E-state index in [1.165, 1.54) is 7.05 Å². The minimum absolute atomic E-state index is 0.100. The highest BCUT2D eigenvalue weighted by atomic mass is 35.5. The molecule has 0 fully saturated rings. The maximum atomic E-state index is 13.4. The summed E-state index contributed by atoms with van der Waals surface area (Å²) >= 11 is 6.06. The highest BCUT2D eigenvalue weighted by molar-refractivity contribution is 6.34. The van der Waals surface area contributed by atoms with Crippen LogP contribution < -0.4 is 10.9 Å². The first kappa shape index (κ1) is 23.3. The van der Waals surface area contributed by atoms with Gasteiger partial charge in [0, 0.05) is 18.2 Å². The zero-order valence-corrected chi connectivity index (χ0v) is 18.5. The predicted molar refractivity (Wildman–Crippen MR) is 125 cm³/mol. The molecule has 0 atom stereocenters. The number of rotatable bonds is 4. The van der Waals surface area contributed by atoms with Gasteiger partial charge >= 0.3 is 6.18 Å². The number of halogens is 4. The summed E-state index contributed by atoms with van der Waals surface area (Å²) < 4.78 is 40.6. The SMILES string of the molecule is Cn1nc(-c2ccccc2)c(-c2ccccc2)c(C(=O)Nc2cc(C(F)(F)F)ccc2Cl)c1=O. The van der Waals surface area contributed by atoms with Gasteiger partial charge < -0.3 is 5.32 Å². The molecule has 1 heterocycles. The smallest absolute Gasteiger partial charge is 0.320 e. The summed E-state index contributed by atoms with van der Waals surface area (Å²) in [5.41, 5.74) is -0.390. The molecule has 0 saturated carbocycles. The van der Waals surface area contributed by atoms with E-state index in [4.69, 9.17) is 11.6 Å². The van der Waals surface area contributed by atoms with Crippen molar-refractivity contribution in [2.45, 2.75) is 6.18 Å². The summed E-state index contributed by atoms with van der Waals surface area (Å²) in [6, 6.07) is 20.2. The molecule has 4 rings (SSSR count). The number of anilines is 1. The van der Waals surface area contributed by atoms with E-state index in [0.29, 0.717) is 16.8 Å². The number of aryl methyl sites for hydroxylation is 1. The second kappa shape index (κ2) is 9.15. The van der Waals surface area contributed by atoms with Gasteiger partial charge in [-0.1, -0.05) is 72.3 Å². The van der Waals surface area contributed by atoms with Gasteiger partial charge in [-0.2, -0.15) is 18.3 Å². The topological polar surface area (TPSA) is 64.0 Å². The Bertz CT molecular complexity index is 1420. The highest BCUT2D eigenvalue weighted by Gasteiger charge is 2.31. The molecular weight excluding hydrogens is 467 g/mol. The number of hydrogen-bond donors (Lipinski definition) is 1. The number of nitrogens with zero attached hydrogens (tertiary/aromatic N) is 2. The molecule has 4 aromatic rings. The van der Waals surface area contributed by atoms with Crippen LogP contribution in [0.1, 0.15) is 15.9 Å². The molecular formula is C25H17ClF3N3O2. The summed E-state index contributed by atoms with van der Waals surface area (Å²) in [6.45, 7) is 0. The summed E-state index contributed by atoms with van der Waals surface area (Å²) in [5.74, 6) is -0.903. The van der Waals surface area contributed by atoms with Crippen LogP contribution in [0.15, 0.2) is 83.7 Å². The average Bonchev–Trinajstić information content (AvgIpc) is 2.82. The summed E-state index contributed by atoms with van der Waals surface area (Å²) in [5, 5.41) is 6.67. The average molecular weight is 484 g/mol. The lowest BCUT2D eigenvalue weighted by atomic mass is 9.95. The first-order chi connectivity index (χ1) is 16.2. The normalized spacial score (nSPS) is 11.3. The first-order valence-corrected chi connectivity index (χ1v) is 10.4. The van der Waals surface area contributed by atoms with Crippen molar-refractivity contribution < 1.29 is 18.0 Å². The van der Waals surface area contributed by atoms with Gasteiger partial charge in [0.25, 0.3) is 11.5 Å². The van der Waals surface area contributed by atoms with Gasteiger partial charge in [-0.15, -0.1) is 0 Å². The van der Waals surface area contributed by atoms with Crippen LogP contribution in [0.5, 0.6) is 0 Å². The Morgan fingerprint density at radius 3 is 2.12 bits per heavy atom. The van der Waals surface area contributed by atoms with Crippen molar-refractivity contribution in [1.82, 2.24) is 9.78 Å². The fourth-order valence-electron chi connectivity index (χ4n) is 3.51.